The van der Waals surface area contributed by atoms with Crippen molar-refractivity contribution in [1.82, 2.24) is 0 Å². The summed E-state index contributed by atoms with van der Waals surface area (Å²) in [5.41, 5.74) is 2.94. The molecule has 0 unspecified atom stereocenters. The molecule has 0 fully saturated rings. The highest BCUT2D eigenvalue weighted by molar-refractivity contribution is 7.17. The van der Waals surface area contributed by atoms with Gasteiger partial charge in [0.05, 0.1) is 12.2 Å². The summed E-state index contributed by atoms with van der Waals surface area (Å²) in [4.78, 5) is 27.1. The number of carbonyl (C=O) groups excluding carboxylic acids is 2. The minimum atomic E-state index is -0.578. The summed E-state index contributed by atoms with van der Waals surface area (Å²) in [5.74, 6) is -0.461. The van der Waals surface area contributed by atoms with Crippen LogP contribution in [0.2, 0.25) is 0 Å². The number of benzene rings is 3. The first-order valence-corrected chi connectivity index (χ1v) is 13.8. The van der Waals surface area contributed by atoms with Crippen molar-refractivity contribution in [3.8, 4) is 11.8 Å². The maximum absolute atomic E-state index is 13.2. The number of ether oxygens (including phenoxy) is 2. The summed E-state index contributed by atoms with van der Waals surface area (Å²) in [5, 5.41) is 15.4. The van der Waals surface area contributed by atoms with Crippen LogP contribution in [0.4, 0.5) is 5.00 Å². The van der Waals surface area contributed by atoms with Crippen LogP contribution in [0, 0.1) is 11.3 Å². The summed E-state index contributed by atoms with van der Waals surface area (Å²) in [7, 11) is 0. The van der Waals surface area contributed by atoms with Gasteiger partial charge in [-0.1, -0.05) is 60.7 Å². The van der Waals surface area contributed by atoms with Crippen LogP contribution in [0.15, 0.2) is 72.3 Å². The van der Waals surface area contributed by atoms with Crippen LogP contribution in [0.1, 0.15) is 51.7 Å². The van der Waals surface area contributed by atoms with Gasteiger partial charge in [-0.3, -0.25) is 4.79 Å². The van der Waals surface area contributed by atoms with Crippen LogP contribution in [0.5, 0.6) is 5.75 Å². The average molecular weight is 537 g/mol. The fourth-order valence-corrected chi connectivity index (χ4v) is 6.13. The number of carbonyl (C=O) groups is 2. The maximum atomic E-state index is 13.2. The molecule has 0 radical (unpaired) electrons. The molecular weight excluding hydrogens is 508 g/mol. The Morgan fingerprint density at radius 3 is 2.64 bits per heavy atom. The molecule has 5 rings (SSSR count). The third-order valence-corrected chi connectivity index (χ3v) is 7.93. The SMILES string of the molecule is CCOC(=O)c1c(NC(=O)C(C#N)=Cc2ccccc2OCc2cccc3ccccc23)sc2c1CCCC2. The number of amides is 1. The number of fused-ring (bicyclic) bond motifs is 2. The third kappa shape index (κ3) is 5.71. The van der Waals surface area contributed by atoms with Crippen LogP contribution < -0.4 is 10.1 Å². The van der Waals surface area contributed by atoms with Gasteiger partial charge in [0.25, 0.3) is 5.91 Å². The Morgan fingerprint density at radius 1 is 1.03 bits per heavy atom. The molecule has 196 valence electrons. The highest BCUT2D eigenvalue weighted by atomic mass is 32.1. The molecule has 4 aromatic rings. The van der Waals surface area contributed by atoms with Crippen LogP contribution >= 0.6 is 11.3 Å². The van der Waals surface area contributed by atoms with Crippen molar-refractivity contribution in [3.05, 3.63) is 99.4 Å². The van der Waals surface area contributed by atoms with E-state index in [0.717, 1.165) is 52.5 Å². The smallest absolute Gasteiger partial charge is 0.341 e. The number of para-hydroxylation sites is 1. The molecule has 1 aromatic heterocycles. The lowest BCUT2D eigenvalue weighted by molar-refractivity contribution is -0.112. The fraction of sp³-hybridized carbons (Fsp3) is 0.219. The Hall–Kier alpha value is -4.41. The summed E-state index contributed by atoms with van der Waals surface area (Å²) in [6.07, 6.45) is 5.19. The zero-order valence-electron chi connectivity index (χ0n) is 21.7. The van der Waals surface area contributed by atoms with Gasteiger partial charge in [-0.25, -0.2) is 4.79 Å². The van der Waals surface area contributed by atoms with E-state index in [1.54, 1.807) is 13.0 Å². The number of hydrogen-bond donors (Lipinski definition) is 1. The monoisotopic (exact) mass is 536 g/mol. The number of nitriles is 1. The van der Waals surface area contributed by atoms with Gasteiger partial charge in [0.1, 0.15) is 29.0 Å². The van der Waals surface area contributed by atoms with E-state index in [9.17, 15) is 14.9 Å². The summed E-state index contributed by atoms with van der Waals surface area (Å²) >= 11 is 1.39. The second-order valence-electron chi connectivity index (χ2n) is 9.22. The van der Waals surface area contributed by atoms with Gasteiger partial charge in [0.2, 0.25) is 0 Å². The topological polar surface area (TPSA) is 88.4 Å². The molecule has 0 aliphatic heterocycles. The number of rotatable bonds is 8. The van der Waals surface area contributed by atoms with Crippen LogP contribution in [-0.4, -0.2) is 18.5 Å². The molecule has 0 atom stereocenters. The van der Waals surface area contributed by atoms with E-state index in [-0.39, 0.29) is 12.2 Å². The Balaban J connectivity index is 1.39. The van der Waals surface area contributed by atoms with Crippen molar-refractivity contribution in [2.45, 2.75) is 39.2 Å². The predicted octanol–water partition coefficient (Wildman–Crippen LogP) is 7.08. The molecule has 7 heteroatoms. The first kappa shape index (κ1) is 26.2. The molecule has 1 aliphatic rings. The van der Waals surface area contributed by atoms with Crippen molar-refractivity contribution in [2.75, 3.05) is 11.9 Å². The quantitative estimate of drug-likeness (QED) is 0.148. The molecule has 0 bridgehead atoms. The number of nitrogens with one attached hydrogen (secondary N) is 1. The van der Waals surface area contributed by atoms with Gasteiger partial charge in [-0.2, -0.15) is 5.26 Å². The van der Waals surface area contributed by atoms with E-state index >= 15 is 0 Å². The second kappa shape index (κ2) is 12.0. The molecule has 39 heavy (non-hydrogen) atoms. The van der Waals surface area contributed by atoms with Crippen molar-refractivity contribution < 1.29 is 19.1 Å². The number of aryl methyl sites for hydroxylation is 1. The van der Waals surface area contributed by atoms with Crippen LogP contribution in [0.3, 0.4) is 0 Å². The molecule has 0 saturated carbocycles. The average Bonchev–Trinajstić information content (AvgIpc) is 3.33. The molecule has 1 aliphatic carbocycles. The Bertz CT molecular complexity index is 1610. The summed E-state index contributed by atoms with van der Waals surface area (Å²) in [6, 6.07) is 23.5. The second-order valence-corrected chi connectivity index (χ2v) is 10.3. The van der Waals surface area contributed by atoms with E-state index in [4.69, 9.17) is 9.47 Å². The van der Waals surface area contributed by atoms with Crippen molar-refractivity contribution in [1.29, 1.82) is 5.26 Å². The van der Waals surface area contributed by atoms with E-state index < -0.39 is 11.9 Å². The first-order chi connectivity index (χ1) is 19.1. The summed E-state index contributed by atoms with van der Waals surface area (Å²) < 4.78 is 11.4. The van der Waals surface area contributed by atoms with E-state index in [0.29, 0.717) is 28.5 Å². The molecule has 0 spiro atoms. The van der Waals surface area contributed by atoms with Crippen LogP contribution in [0.25, 0.3) is 16.8 Å². The fourth-order valence-electron chi connectivity index (χ4n) is 4.85. The lowest BCUT2D eigenvalue weighted by Crippen LogP contribution is -2.16. The number of anilines is 1. The molecule has 6 nitrogen and oxygen atoms in total. The Kier molecular flexibility index (Phi) is 8.04. The zero-order valence-corrected chi connectivity index (χ0v) is 22.5. The molecule has 1 amide bonds. The third-order valence-electron chi connectivity index (χ3n) is 6.72. The van der Waals surface area contributed by atoms with E-state index in [1.807, 2.05) is 48.5 Å². The Morgan fingerprint density at radius 2 is 1.79 bits per heavy atom. The Labute approximate surface area is 231 Å². The molecule has 1 heterocycles. The number of nitrogens with zero attached hydrogens (tertiary/aromatic N) is 1. The van der Waals surface area contributed by atoms with E-state index in [1.165, 1.54) is 17.4 Å². The van der Waals surface area contributed by atoms with Crippen molar-refractivity contribution >= 4 is 45.1 Å². The van der Waals surface area contributed by atoms with Gasteiger partial charge in [-0.05, 0) is 66.6 Å². The largest absolute Gasteiger partial charge is 0.488 e. The van der Waals surface area contributed by atoms with Gasteiger partial charge < -0.3 is 14.8 Å². The predicted molar refractivity (Wildman–Crippen MR) is 154 cm³/mol. The normalized spacial score (nSPS) is 12.9. The van der Waals surface area contributed by atoms with E-state index in [2.05, 4.69) is 23.5 Å². The molecular formula is C32H28N2O4S. The zero-order chi connectivity index (χ0) is 27.2. The van der Waals surface area contributed by atoms with Crippen molar-refractivity contribution in [3.63, 3.8) is 0 Å². The summed E-state index contributed by atoms with van der Waals surface area (Å²) in [6.45, 7) is 2.34. The molecule has 1 N–H and O–H groups in total. The lowest BCUT2D eigenvalue weighted by Gasteiger charge is -2.12. The minimum absolute atomic E-state index is 0.0857. The van der Waals surface area contributed by atoms with Gasteiger partial charge in [0, 0.05) is 10.4 Å². The van der Waals surface area contributed by atoms with Gasteiger partial charge in [-0.15, -0.1) is 11.3 Å². The maximum Gasteiger partial charge on any atom is 0.341 e. The molecule has 0 saturated heterocycles. The standard InChI is InChI=1S/C32H28N2O4S/c1-2-37-32(36)29-26-15-6-8-17-28(26)39-31(29)34-30(35)24(19-33)18-22-11-4-7-16-27(22)38-20-23-13-9-12-21-10-3-5-14-25(21)23/h3-5,7,9-14,16,18H,2,6,8,15,17,20H2,1H3,(H,34,35). The minimum Gasteiger partial charge on any atom is -0.488 e. The van der Waals surface area contributed by atoms with Gasteiger partial charge in [0.15, 0.2) is 0 Å². The number of hydrogen-bond acceptors (Lipinski definition) is 6. The first-order valence-electron chi connectivity index (χ1n) is 13.0. The van der Waals surface area contributed by atoms with Crippen molar-refractivity contribution in [2.24, 2.45) is 0 Å². The number of esters is 1. The highest BCUT2D eigenvalue weighted by Gasteiger charge is 2.28. The number of thiophene rings is 1. The lowest BCUT2D eigenvalue weighted by atomic mass is 9.95. The highest BCUT2D eigenvalue weighted by Crippen LogP contribution is 2.39. The van der Waals surface area contributed by atoms with Crippen LogP contribution in [-0.2, 0) is 29.0 Å². The molecule has 3 aromatic carbocycles. The van der Waals surface area contributed by atoms with Gasteiger partial charge >= 0.3 is 5.97 Å².